The zero-order valence-electron chi connectivity index (χ0n) is 17.4. The van der Waals surface area contributed by atoms with Crippen LogP contribution in [0.3, 0.4) is 0 Å². The first-order valence-corrected chi connectivity index (χ1v) is 9.45. The Morgan fingerprint density at radius 1 is 0.367 bits per heavy atom. The molecular formula is C28H18Na2. The first-order valence-electron chi connectivity index (χ1n) is 9.45. The van der Waals surface area contributed by atoms with E-state index in [-0.39, 0.29) is 59.1 Å². The van der Waals surface area contributed by atoms with E-state index in [1.807, 2.05) is 24.3 Å². The van der Waals surface area contributed by atoms with Crippen LogP contribution in [0.5, 0.6) is 0 Å². The van der Waals surface area contributed by atoms with Crippen molar-refractivity contribution in [2.75, 3.05) is 0 Å². The van der Waals surface area contributed by atoms with E-state index < -0.39 is 0 Å². The molecule has 0 unspecified atom stereocenters. The van der Waals surface area contributed by atoms with Crippen molar-refractivity contribution in [2.24, 2.45) is 0 Å². The largest absolute Gasteiger partial charge is 1.00 e. The summed E-state index contributed by atoms with van der Waals surface area (Å²) in [6.45, 7) is 0. The van der Waals surface area contributed by atoms with Gasteiger partial charge in [0.25, 0.3) is 0 Å². The topological polar surface area (TPSA) is 0 Å². The first-order chi connectivity index (χ1) is 13.9. The van der Waals surface area contributed by atoms with Crippen LogP contribution in [0.15, 0.2) is 109 Å². The maximum atomic E-state index is 3.24. The first kappa shape index (κ1) is 23.0. The van der Waals surface area contributed by atoms with Crippen LogP contribution < -0.4 is 59.1 Å². The van der Waals surface area contributed by atoms with E-state index in [9.17, 15) is 0 Å². The van der Waals surface area contributed by atoms with E-state index in [0.29, 0.717) is 0 Å². The molecule has 0 radical (unpaired) electrons. The van der Waals surface area contributed by atoms with Gasteiger partial charge in [-0.1, -0.05) is 71.4 Å². The fourth-order valence-electron chi connectivity index (χ4n) is 3.62. The third kappa shape index (κ3) is 4.98. The van der Waals surface area contributed by atoms with Crippen molar-refractivity contribution in [3.63, 3.8) is 0 Å². The minimum Gasteiger partial charge on any atom is -0.147 e. The molecule has 0 fully saturated rings. The van der Waals surface area contributed by atoms with Gasteiger partial charge in [-0.25, -0.2) is 0 Å². The number of hydrogen-bond donors (Lipinski definition) is 0. The average molecular weight is 400 g/mol. The maximum Gasteiger partial charge on any atom is 1.00 e. The Bertz CT molecular complexity index is 1100. The molecule has 0 bridgehead atoms. The molecule has 0 saturated carbocycles. The summed E-state index contributed by atoms with van der Waals surface area (Å²) in [5.74, 6) is 0. The zero-order chi connectivity index (χ0) is 18.8. The van der Waals surface area contributed by atoms with E-state index in [1.165, 1.54) is 43.1 Å². The molecular weight excluding hydrogens is 382 g/mol. The fourth-order valence-corrected chi connectivity index (χ4v) is 3.62. The Hall–Kier alpha value is -1.64. The van der Waals surface area contributed by atoms with Crippen LogP contribution in [0.4, 0.5) is 0 Å². The molecule has 0 aliphatic rings. The standard InChI is InChI=1S/2C14H9.2Na/c2*1-2-6-12-10-14-8-4-3-7-13(14)9-11(12)5-1;;/h2*1-7,9-10H;;/q2*-1;2*+1. The van der Waals surface area contributed by atoms with Crippen LogP contribution in [-0.2, 0) is 0 Å². The molecule has 0 aromatic heterocycles. The second-order valence-electron chi connectivity index (χ2n) is 6.91. The van der Waals surface area contributed by atoms with Crippen molar-refractivity contribution >= 4 is 43.1 Å². The Morgan fingerprint density at radius 2 is 0.700 bits per heavy atom. The molecule has 0 heterocycles. The van der Waals surface area contributed by atoms with Crippen LogP contribution in [0.1, 0.15) is 0 Å². The van der Waals surface area contributed by atoms with Crippen LogP contribution in [0, 0.1) is 12.1 Å². The molecule has 6 aromatic carbocycles. The molecule has 6 aromatic rings. The number of fused-ring (bicyclic) bond motifs is 4. The number of hydrogen-bond acceptors (Lipinski definition) is 0. The Morgan fingerprint density at radius 3 is 1.10 bits per heavy atom. The summed E-state index contributed by atoms with van der Waals surface area (Å²) in [5.41, 5.74) is 0. The third-order valence-electron chi connectivity index (χ3n) is 5.06. The average Bonchev–Trinajstić information content (AvgIpc) is 2.76. The van der Waals surface area contributed by atoms with Crippen LogP contribution in [-0.4, -0.2) is 0 Å². The molecule has 132 valence electrons. The SMILES string of the molecule is [Na+].[Na+].[c-]1cccc2cc3ccccc3cc12.[c-]1cccc2cc3ccccc3cc12. The van der Waals surface area contributed by atoms with Gasteiger partial charge >= 0.3 is 59.1 Å². The van der Waals surface area contributed by atoms with E-state index in [1.54, 1.807) is 0 Å². The quantitative estimate of drug-likeness (QED) is 0.206. The second-order valence-corrected chi connectivity index (χ2v) is 6.91. The van der Waals surface area contributed by atoms with Crippen molar-refractivity contribution < 1.29 is 59.1 Å². The number of rotatable bonds is 0. The van der Waals surface area contributed by atoms with Crippen molar-refractivity contribution in [1.82, 2.24) is 0 Å². The second kappa shape index (κ2) is 10.6. The molecule has 0 saturated heterocycles. The molecule has 0 amide bonds. The summed E-state index contributed by atoms with van der Waals surface area (Å²) in [5, 5.41) is 10.0. The molecule has 30 heavy (non-hydrogen) atoms. The smallest absolute Gasteiger partial charge is 0.147 e. The van der Waals surface area contributed by atoms with E-state index in [0.717, 1.165) is 0 Å². The predicted octanol–water partition coefficient (Wildman–Crippen LogP) is 1.59. The van der Waals surface area contributed by atoms with Crippen molar-refractivity contribution in [3.05, 3.63) is 121 Å². The summed E-state index contributed by atoms with van der Waals surface area (Å²) in [6.07, 6.45) is 0. The molecule has 0 aliphatic carbocycles. The summed E-state index contributed by atoms with van der Waals surface area (Å²) >= 11 is 0. The fraction of sp³-hybridized carbons (Fsp3) is 0. The van der Waals surface area contributed by atoms with Gasteiger partial charge in [0.2, 0.25) is 0 Å². The minimum atomic E-state index is 0. The van der Waals surface area contributed by atoms with Crippen molar-refractivity contribution in [1.29, 1.82) is 0 Å². The van der Waals surface area contributed by atoms with Crippen molar-refractivity contribution in [3.8, 4) is 0 Å². The van der Waals surface area contributed by atoms with Crippen molar-refractivity contribution in [2.45, 2.75) is 0 Å². The van der Waals surface area contributed by atoms with Crippen LogP contribution >= 0.6 is 0 Å². The molecule has 0 N–H and O–H groups in total. The zero-order valence-corrected chi connectivity index (χ0v) is 21.4. The molecule has 6 rings (SSSR count). The van der Waals surface area contributed by atoms with Gasteiger partial charge in [0, 0.05) is 0 Å². The maximum absolute atomic E-state index is 3.24. The predicted molar refractivity (Wildman–Crippen MR) is 121 cm³/mol. The van der Waals surface area contributed by atoms with Gasteiger partial charge in [0.05, 0.1) is 0 Å². The summed E-state index contributed by atoms with van der Waals surface area (Å²) in [4.78, 5) is 0. The summed E-state index contributed by atoms with van der Waals surface area (Å²) < 4.78 is 0. The van der Waals surface area contributed by atoms with Gasteiger partial charge in [-0.05, 0) is 10.8 Å². The van der Waals surface area contributed by atoms with Gasteiger partial charge in [0.15, 0.2) is 0 Å². The van der Waals surface area contributed by atoms with Gasteiger partial charge < -0.3 is 0 Å². The van der Waals surface area contributed by atoms with E-state index >= 15 is 0 Å². The molecule has 0 aliphatic heterocycles. The minimum absolute atomic E-state index is 0. The van der Waals surface area contributed by atoms with Gasteiger partial charge in [-0.2, -0.15) is 0 Å². The third-order valence-corrected chi connectivity index (χ3v) is 5.06. The van der Waals surface area contributed by atoms with E-state index in [2.05, 4.69) is 97.1 Å². The number of benzene rings is 6. The molecule has 0 nitrogen and oxygen atoms in total. The Kier molecular flexibility index (Phi) is 8.13. The van der Waals surface area contributed by atoms with E-state index in [4.69, 9.17) is 0 Å². The molecule has 0 spiro atoms. The van der Waals surface area contributed by atoms with Gasteiger partial charge in [-0.3, -0.25) is 0 Å². The van der Waals surface area contributed by atoms with Crippen LogP contribution in [0.25, 0.3) is 43.1 Å². The molecule has 2 heteroatoms. The van der Waals surface area contributed by atoms with Gasteiger partial charge in [0.1, 0.15) is 0 Å². The van der Waals surface area contributed by atoms with Crippen LogP contribution in [0.2, 0.25) is 0 Å². The molecule has 0 atom stereocenters. The Balaban J connectivity index is 0.000000160. The summed E-state index contributed by atoms with van der Waals surface area (Å²) in [6, 6.07) is 44.3. The van der Waals surface area contributed by atoms with Gasteiger partial charge in [-0.15, -0.1) is 82.2 Å². The summed E-state index contributed by atoms with van der Waals surface area (Å²) in [7, 11) is 0. The normalized spacial score (nSPS) is 10.1. The monoisotopic (exact) mass is 400 g/mol. The Labute approximate surface area is 221 Å².